The van der Waals surface area contributed by atoms with E-state index in [1.54, 1.807) is 36.2 Å². The summed E-state index contributed by atoms with van der Waals surface area (Å²) < 4.78 is 28.4. The number of nitrogens with zero attached hydrogens (tertiary/aromatic N) is 2. The summed E-state index contributed by atoms with van der Waals surface area (Å²) in [4.78, 5) is 14.4. The third-order valence-electron chi connectivity index (χ3n) is 4.33. The summed E-state index contributed by atoms with van der Waals surface area (Å²) in [6, 6.07) is 7.29. The Morgan fingerprint density at radius 1 is 1.15 bits per heavy atom. The molecule has 0 saturated carbocycles. The fourth-order valence-electron chi connectivity index (χ4n) is 2.98. The molecule has 2 heterocycles. The molecule has 1 aromatic heterocycles. The van der Waals surface area contributed by atoms with Crippen molar-refractivity contribution in [3.05, 3.63) is 53.7 Å². The van der Waals surface area contributed by atoms with E-state index in [0.29, 0.717) is 18.8 Å². The third kappa shape index (κ3) is 3.24. The van der Waals surface area contributed by atoms with Crippen molar-refractivity contribution in [3.63, 3.8) is 0 Å². The predicted octanol–water partition coefficient (Wildman–Crippen LogP) is 3.65. The maximum Gasteiger partial charge on any atom is 0.258 e. The quantitative estimate of drug-likeness (QED) is 0.735. The zero-order valence-corrected chi connectivity index (χ0v) is 14.6. The van der Waals surface area contributed by atoms with Crippen LogP contribution in [0.1, 0.15) is 10.4 Å². The van der Waals surface area contributed by atoms with Crippen molar-refractivity contribution in [2.45, 2.75) is 0 Å². The first-order valence-electron chi connectivity index (χ1n) is 8.18. The molecule has 1 aliphatic rings. The molecule has 0 spiro atoms. The Morgan fingerprint density at radius 3 is 2.77 bits per heavy atom. The molecule has 0 atom stereocenters. The molecule has 26 heavy (non-hydrogen) atoms. The number of anilines is 2. The first kappa shape index (κ1) is 16.8. The van der Waals surface area contributed by atoms with Gasteiger partial charge in [-0.25, -0.2) is 8.78 Å². The number of amides is 1. The number of hydrogen-bond donors (Lipinski definition) is 2. The van der Waals surface area contributed by atoms with Gasteiger partial charge in [-0.3, -0.25) is 9.89 Å². The number of halogens is 2. The lowest BCUT2D eigenvalue weighted by Crippen LogP contribution is -2.33. The lowest BCUT2D eigenvalue weighted by atomic mass is 10.1. The van der Waals surface area contributed by atoms with Gasteiger partial charge >= 0.3 is 0 Å². The number of thioether (sulfide) groups is 1. The average Bonchev–Trinajstić information content (AvgIpc) is 3.10. The van der Waals surface area contributed by atoms with Crippen LogP contribution >= 0.6 is 11.8 Å². The van der Waals surface area contributed by atoms with E-state index in [1.807, 2.05) is 4.90 Å². The zero-order valence-electron chi connectivity index (χ0n) is 13.8. The van der Waals surface area contributed by atoms with Crippen LogP contribution in [-0.4, -0.2) is 40.7 Å². The minimum Gasteiger partial charge on any atom is -0.367 e. The van der Waals surface area contributed by atoms with E-state index in [4.69, 9.17) is 0 Å². The van der Waals surface area contributed by atoms with Crippen LogP contribution in [-0.2, 0) is 0 Å². The van der Waals surface area contributed by atoms with E-state index in [-0.39, 0.29) is 11.3 Å². The lowest BCUT2D eigenvalue weighted by molar-refractivity contribution is 0.102. The maximum atomic E-state index is 14.2. The summed E-state index contributed by atoms with van der Waals surface area (Å²) in [6.07, 6.45) is 1.63. The van der Waals surface area contributed by atoms with E-state index >= 15 is 0 Å². The first-order chi connectivity index (χ1) is 12.6. The number of carbonyl (C=O) groups excluding carboxylic acids is 1. The first-order valence-corrected chi connectivity index (χ1v) is 9.33. The Hall–Kier alpha value is -2.61. The molecule has 5 nitrogen and oxygen atoms in total. The summed E-state index contributed by atoms with van der Waals surface area (Å²) >= 11 is 1.79. The van der Waals surface area contributed by atoms with Crippen molar-refractivity contribution in [1.29, 1.82) is 0 Å². The van der Waals surface area contributed by atoms with E-state index in [2.05, 4.69) is 15.5 Å². The number of aromatic amines is 1. The molecular formula is C18H16F2N4OS. The maximum absolute atomic E-state index is 14.2. The van der Waals surface area contributed by atoms with Crippen LogP contribution < -0.4 is 10.2 Å². The lowest BCUT2D eigenvalue weighted by Gasteiger charge is -2.29. The van der Waals surface area contributed by atoms with Crippen molar-refractivity contribution in [1.82, 2.24) is 10.2 Å². The van der Waals surface area contributed by atoms with Crippen LogP contribution in [0.3, 0.4) is 0 Å². The third-order valence-corrected chi connectivity index (χ3v) is 5.27. The van der Waals surface area contributed by atoms with Crippen molar-refractivity contribution in [2.75, 3.05) is 34.8 Å². The van der Waals surface area contributed by atoms with Gasteiger partial charge in [0.1, 0.15) is 11.6 Å². The highest BCUT2D eigenvalue weighted by atomic mass is 32.2. The van der Waals surface area contributed by atoms with Crippen LogP contribution in [0, 0.1) is 11.6 Å². The summed E-state index contributed by atoms with van der Waals surface area (Å²) in [5, 5.41) is 10.2. The molecule has 1 amide bonds. The van der Waals surface area contributed by atoms with Crippen molar-refractivity contribution in [2.24, 2.45) is 0 Å². The number of H-pyrrole nitrogens is 1. The normalized spacial score (nSPS) is 14.6. The molecule has 1 saturated heterocycles. The van der Waals surface area contributed by atoms with Gasteiger partial charge in [0, 0.05) is 41.7 Å². The Bertz CT molecular complexity index is 969. The summed E-state index contributed by atoms with van der Waals surface area (Å²) in [6.45, 7) is 1.34. The largest absolute Gasteiger partial charge is 0.367 e. The topological polar surface area (TPSA) is 61.0 Å². The van der Waals surface area contributed by atoms with Gasteiger partial charge < -0.3 is 10.2 Å². The molecule has 3 aromatic rings. The van der Waals surface area contributed by atoms with Gasteiger partial charge in [-0.2, -0.15) is 16.9 Å². The molecule has 0 unspecified atom stereocenters. The van der Waals surface area contributed by atoms with Gasteiger partial charge in [-0.15, -0.1) is 0 Å². The van der Waals surface area contributed by atoms with E-state index in [9.17, 15) is 13.6 Å². The van der Waals surface area contributed by atoms with Gasteiger partial charge in [0.25, 0.3) is 5.91 Å². The van der Waals surface area contributed by atoms with Gasteiger partial charge in [-0.05, 0) is 24.3 Å². The predicted molar refractivity (Wildman–Crippen MR) is 99.9 cm³/mol. The van der Waals surface area contributed by atoms with Crippen molar-refractivity contribution >= 4 is 39.9 Å². The fraction of sp³-hybridized carbons (Fsp3) is 0.222. The molecule has 1 aliphatic heterocycles. The standard InChI is InChI=1S/C18H16F2N4OS/c19-14-9-15(20)17(24-3-5-26-6-4-24)8-13(14)18(25)22-12-1-2-16-11(7-12)10-21-23-16/h1-2,7-10H,3-6H2,(H,21,23)(H,22,25). The summed E-state index contributed by atoms with van der Waals surface area (Å²) in [7, 11) is 0. The fourth-order valence-corrected chi connectivity index (χ4v) is 3.88. The van der Waals surface area contributed by atoms with Gasteiger partial charge in [0.15, 0.2) is 0 Å². The Balaban J connectivity index is 1.61. The molecule has 2 N–H and O–H groups in total. The Kier molecular flexibility index (Phi) is 4.50. The minimum atomic E-state index is -0.875. The molecule has 0 radical (unpaired) electrons. The summed E-state index contributed by atoms with van der Waals surface area (Å²) in [5.41, 5.74) is 1.44. The highest BCUT2D eigenvalue weighted by molar-refractivity contribution is 7.99. The minimum absolute atomic E-state index is 0.174. The number of nitrogens with one attached hydrogen (secondary N) is 2. The van der Waals surface area contributed by atoms with Gasteiger partial charge in [0.2, 0.25) is 0 Å². The average molecular weight is 374 g/mol. The SMILES string of the molecule is O=C(Nc1ccc2[nH]ncc2c1)c1cc(N2CCSCC2)c(F)cc1F. The van der Waals surface area contributed by atoms with Crippen LogP contribution in [0.4, 0.5) is 20.2 Å². The van der Waals surface area contributed by atoms with Crippen LogP contribution in [0.5, 0.6) is 0 Å². The molecule has 2 aromatic carbocycles. The number of carbonyl (C=O) groups is 1. The molecule has 4 rings (SSSR count). The smallest absolute Gasteiger partial charge is 0.258 e. The van der Waals surface area contributed by atoms with Crippen LogP contribution in [0.2, 0.25) is 0 Å². The van der Waals surface area contributed by atoms with E-state index in [1.165, 1.54) is 6.07 Å². The number of benzene rings is 2. The van der Waals surface area contributed by atoms with Crippen molar-refractivity contribution in [3.8, 4) is 0 Å². The molecule has 0 aliphatic carbocycles. The molecular weight excluding hydrogens is 358 g/mol. The molecule has 1 fully saturated rings. The number of aromatic nitrogens is 2. The molecule has 134 valence electrons. The van der Waals surface area contributed by atoms with Crippen LogP contribution in [0.25, 0.3) is 10.9 Å². The van der Waals surface area contributed by atoms with E-state index < -0.39 is 17.5 Å². The second-order valence-corrected chi connectivity index (χ2v) is 7.23. The molecule has 0 bridgehead atoms. The van der Waals surface area contributed by atoms with Crippen LogP contribution in [0.15, 0.2) is 36.5 Å². The number of hydrogen-bond acceptors (Lipinski definition) is 4. The second kappa shape index (κ2) is 6.95. The second-order valence-electron chi connectivity index (χ2n) is 6.01. The Morgan fingerprint density at radius 2 is 1.96 bits per heavy atom. The van der Waals surface area contributed by atoms with E-state index in [0.717, 1.165) is 28.5 Å². The van der Waals surface area contributed by atoms with Gasteiger partial charge in [-0.1, -0.05) is 0 Å². The zero-order chi connectivity index (χ0) is 18.1. The molecule has 8 heteroatoms. The van der Waals surface area contributed by atoms with Gasteiger partial charge in [0.05, 0.1) is 23.0 Å². The number of fused-ring (bicyclic) bond motifs is 1. The monoisotopic (exact) mass is 374 g/mol. The highest BCUT2D eigenvalue weighted by Crippen LogP contribution is 2.27. The number of rotatable bonds is 3. The van der Waals surface area contributed by atoms with Crippen molar-refractivity contribution < 1.29 is 13.6 Å². The summed E-state index contributed by atoms with van der Waals surface area (Å²) in [5.74, 6) is -0.380. The highest BCUT2D eigenvalue weighted by Gasteiger charge is 2.21. The Labute approximate surface area is 152 Å².